The first-order valence-corrected chi connectivity index (χ1v) is 7.43. The molecule has 0 radical (unpaired) electrons. The molecular formula is C12H26N2S. The second kappa shape index (κ2) is 6.12. The monoisotopic (exact) mass is 230 g/mol. The largest absolute Gasteiger partial charge is 0.311 e. The lowest BCUT2D eigenvalue weighted by Crippen LogP contribution is -2.59. The summed E-state index contributed by atoms with van der Waals surface area (Å²) in [6.45, 7) is 11.7. The van der Waals surface area contributed by atoms with Crippen molar-refractivity contribution < 1.29 is 0 Å². The molecule has 0 bridgehead atoms. The third-order valence-electron chi connectivity index (χ3n) is 3.43. The quantitative estimate of drug-likeness (QED) is 0.796. The summed E-state index contributed by atoms with van der Waals surface area (Å²) in [7, 11) is 0. The molecule has 90 valence electrons. The second-order valence-electron chi connectivity index (χ2n) is 5.11. The Bertz CT molecular complexity index is 184. The summed E-state index contributed by atoms with van der Waals surface area (Å²) in [4.78, 5) is 2.66. The van der Waals surface area contributed by atoms with Crippen molar-refractivity contribution in [3.8, 4) is 0 Å². The van der Waals surface area contributed by atoms with Gasteiger partial charge in [0, 0.05) is 37.0 Å². The van der Waals surface area contributed by atoms with Crippen LogP contribution in [0.5, 0.6) is 0 Å². The van der Waals surface area contributed by atoms with E-state index in [4.69, 9.17) is 0 Å². The van der Waals surface area contributed by atoms with Gasteiger partial charge in [-0.15, -0.1) is 0 Å². The molecule has 1 aliphatic heterocycles. The lowest BCUT2D eigenvalue weighted by Gasteiger charge is -2.43. The fraction of sp³-hybridized carbons (Fsp3) is 1.00. The van der Waals surface area contributed by atoms with E-state index in [1.165, 1.54) is 12.3 Å². The zero-order valence-corrected chi connectivity index (χ0v) is 11.6. The van der Waals surface area contributed by atoms with Gasteiger partial charge in [0.2, 0.25) is 0 Å². The van der Waals surface area contributed by atoms with Crippen molar-refractivity contribution in [2.75, 3.05) is 25.1 Å². The van der Waals surface area contributed by atoms with Crippen LogP contribution in [-0.2, 0) is 0 Å². The molecule has 0 spiro atoms. The maximum absolute atomic E-state index is 3.65. The fourth-order valence-electron chi connectivity index (χ4n) is 2.31. The van der Waals surface area contributed by atoms with Gasteiger partial charge in [-0.1, -0.05) is 13.8 Å². The molecule has 1 N–H and O–H groups in total. The highest BCUT2D eigenvalue weighted by atomic mass is 32.2. The first kappa shape index (κ1) is 13.3. The smallest absolute Gasteiger partial charge is 0.0218 e. The molecule has 2 nitrogen and oxygen atoms in total. The highest BCUT2D eigenvalue weighted by Gasteiger charge is 2.29. The highest BCUT2D eigenvalue weighted by molar-refractivity contribution is 7.98. The molecule has 1 heterocycles. The molecule has 0 aromatic carbocycles. The van der Waals surface area contributed by atoms with E-state index in [1.54, 1.807) is 0 Å². The van der Waals surface area contributed by atoms with Gasteiger partial charge in [-0.05, 0) is 26.0 Å². The van der Waals surface area contributed by atoms with Gasteiger partial charge >= 0.3 is 0 Å². The number of piperazine rings is 1. The van der Waals surface area contributed by atoms with Crippen LogP contribution in [0.3, 0.4) is 0 Å². The normalized spacial score (nSPS) is 30.8. The molecule has 0 aromatic heterocycles. The Labute approximate surface area is 99.2 Å². The highest BCUT2D eigenvalue weighted by Crippen LogP contribution is 2.17. The van der Waals surface area contributed by atoms with Gasteiger partial charge < -0.3 is 5.32 Å². The fourth-order valence-corrected chi connectivity index (χ4v) is 2.98. The Kier molecular flexibility index (Phi) is 5.44. The van der Waals surface area contributed by atoms with Gasteiger partial charge in [0.1, 0.15) is 0 Å². The number of nitrogens with zero attached hydrogens (tertiary/aromatic N) is 1. The summed E-state index contributed by atoms with van der Waals surface area (Å²) in [6.07, 6.45) is 2.20. The third kappa shape index (κ3) is 3.65. The molecule has 1 fully saturated rings. The molecule has 1 rings (SSSR count). The molecule has 3 unspecified atom stereocenters. The van der Waals surface area contributed by atoms with Gasteiger partial charge in [0.05, 0.1) is 0 Å². The SMILES string of the molecule is CSCC(C)N1CC(C(C)C)NCC1C. The van der Waals surface area contributed by atoms with Crippen molar-refractivity contribution in [2.24, 2.45) is 5.92 Å². The summed E-state index contributed by atoms with van der Waals surface area (Å²) in [5, 5.41) is 3.65. The molecule has 3 heteroatoms. The van der Waals surface area contributed by atoms with Crippen LogP contribution in [0.25, 0.3) is 0 Å². The first-order valence-electron chi connectivity index (χ1n) is 6.04. The Morgan fingerprint density at radius 3 is 2.60 bits per heavy atom. The number of thioether (sulfide) groups is 1. The van der Waals surface area contributed by atoms with Crippen LogP contribution in [0, 0.1) is 5.92 Å². The van der Waals surface area contributed by atoms with Crippen molar-refractivity contribution in [3.63, 3.8) is 0 Å². The molecule has 1 saturated heterocycles. The predicted molar refractivity (Wildman–Crippen MR) is 70.6 cm³/mol. The number of hydrogen-bond acceptors (Lipinski definition) is 3. The van der Waals surface area contributed by atoms with Crippen molar-refractivity contribution in [2.45, 2.75) is 45.8 Å². The summed E-state index contributed by atoms with van der Waals surface area (Å²) in [5.41, 5.74) is 0. The molecule has 15 heavy (non-hydrogen) atoms. The lowest BCUT2D eigenvalue weighted by molar-refractivity contribution is 0.0946. The summed E-state index contributed by atoms with van der Waals surface area (Å²) in [5.74, 6) is 1.98. The maximum Gasteiger partial charge on any atom is 0.0218 e. The van der Waals surface area contributed by atoms with Crippen LogP contribution < -0.4 is 5.32 Å². The van der Waals surface area contributed by atoms with E-state index in [0.717, 1.165) is 12.5 Å². The molecule has 0 saturated carbocycles. The molecular weight excluding hydrogens is 204 g/mol. The van der Waals surface area contributed by atoms with Gasteiger partial charge in [0.15, 0.2) is 0 Å². The van der Waals surface area contributed by atoms with Gasteiger partial charge in [-0.25, -0.2) is 0 Å². The van der Waals surface area contributed by atoms with Crippen LogP contribution in [0.1, 0.15) is 27.7 Å². The van der Waals surface area contributed by atoms with E-state index in [9.17, 15) is 0 Å². The van der Waals surface area contributed by atoms with E-state index >= 15 is 0 Å². The summed E-state index contributed by atoms with van der Waals surface area (Å²) >= 11 is 1.95. The van der Waals surface area contributed by atoms with E-state index in [2.05, 4.69) is 44.2 Å². The molecule has 3 atom stereocenters. The molecule has 1 aliphatic rings. The van der Waals surface area contributed by atoms with Crippen molar-refractivity contribution in [1.29, 1.82) is 0 Å². The third-order valence-corrected chi connectivity index (χ3v) is 4.24. The Morgan fingerprint density at radius 1 is 1.40 bits per heavy atom. The van der Waals surface area contributed by atoms with E-state index in [0.29, 0.717) is 18.1 Å². The Hall–Kier alpha value is 0.270. The first-order chi connectivity index (χ1) is 7.06. The van der Waals surface area contributed by atoms with Crippen LogP contribution in [0.2, 0.25) is 0 Å². The summed E-state index contributed by atoms with van der Waals surface area (Å²) in [6, 6.07) is 2.06. The van der Waals surface area contributed by atoms with Crippen LogP contribution >= 0.6 is 11.8 Å². The standard InChI is InChI=1S/C12H26N2S/c1-9(2)12-7-14(10(3)6-13-12)11(4)8-15-5/h9-13H,6-8H2,1-5H3. The average molecular weight is 230 g/mol. The zero-order chi connectivity index (χ0) is 11.4. The topological polar surface area (TPSA) is 15.3 Å². The van der Waals surface area contributed by atoms with Crippen molar-refractivity contribution >= 4 is 11.8 Å². The Morgan fingerprint density at radius 2 is 2.07 bits per heavy atom. The minimum absolute atomic E-state index is 0.672. The number of hydrogen-bond donors (Lipinski definition) is 1. The van der Waals surface area contributed by atoms with Crippen LogP contribution in [0.15, 0.2) is 0 Å². The molecule has 0 amide bonds. The van der Waals surface area contributed by atoms with E-state index in [-0.39, 0.29) is 0 Å². The van der Waals surface area contributed by atoms with Crippen molar-refractivity contribution in [1.82, 2.24) is 10.2 Å². The maximum atomic E-state index is 3.65. The number of nitrogens with one attached hydrogen (secondary N) is 1. The second-order valence-corrected chi connectivity index (χ2v) is 6.02. The van der Waals surface area contributed by atoms with E-state index < -0.39 is 0 Å². The van der Waals surface area contributed by atoms with Crippen molar-refractivity contribution in [3.05, 3.63) is 0 Å². The van der Waals surface area contributed by atoms with Crippen LogP contribution in [0.4, 0.5) is 0 Å². The van der Waals surface area contributed by atoms with Gasteiger partial charge in [0.25, 0.3) is 0 Å². The molecule has 0 aliphatic carbocycles. The lowest BCUT2D eigenvalue weighted by atomic mass is 9.99. The minimum Gasteiger partial charge on any atom is -0.311 e. The van der Waals surface area contributed by atoms with Gasteiger partial charge in [-0.2, -0.15) is 11.8 Å². The zero-order valence-electron chi connectivity index (χ0n) is 10.8. The summed E-state index contributed by atoms with van der Waals surface area (Å²) < 4.78 is 0. The number of rotatable bonds is 4. The predicted octanol–water partition coefficient (Wildman–Crippen LogP) is 2.06. The average Bonchev–Trinajstić information content (AvgIpc) is 2.18. The van der Waals surface area contributed by atoms with Gasteiger partial charge in [-0.3, -0.25) is 4.90 Å². The molecule has 0 aromatic rings. The minimum atomic E-state index is 0.672. The van der Waals surface area contributed by atoms with Crippen LogP contribution in [-0.4, -0.2) is 48.1 Å². The Balaban J connectivity index is 2.52. The van der Waals surface area contributed by atoms with E-state index in [1.807, 2.05) is 11.8 Å².